The van der Waals surface area contributed by atoms with Gasteiger partial charge in [-0.2, -0.15) is 13.2 Å². The van der Waals surface area contributed by atoms with Crippen LogP contribution in [0.25, 0.3) is 0 Å². The Morgan fingerprint density at radius 2 is 2.00 bits per heavy atom. The molecule has 2 heterocycles. The van der Waals surface area contributed by atoms with Crippen LogP contribution in [0.3, 0.4) is 0 Å². The molecule has 0 radical (unpaired) electrons. The lowest BCUT2D eigenvalue weighted by Gasteiger charge is -2.18. The van der Waals surface area contributed by atoms with E-state index in [-0.39, 0.29) is 30.0 Å². The van der Waals surface area contributed by atoms with Crippen LogP contribution in [0.15, 0.2) is 42.6 Å². The number of hydrogen-bond donors (Lipinski definition) is 2. The topological polar surface area (TPSA) is 91.8 Å². The number of nitrogens with zero attached hydrogens (tertiary/aromatic N) is 2. The number of carbonyl (C=O) groups excluding carboxylic acids is 2. The minimum Gasteiger partial charge on any atom is -0.388 e. The molecule has 154 valence electrons. The highest BCUT2D eigenvalue weighted by molar-refractivity contribution is 6.04. The third-order valence-corrected chi connectivity index (χ3v) is 4.49. The van der Waals surface area contributed by atoms with Crippen LogP contribution in [-0.2, 0) is 10.9 Å². The number of hydrogen-bond acceptors (Lipinski definition) is 5. The van der Waals surface area contributed by atoms with Crippen LogP contribution in [-0.4, -0.2) is 59.2 Å². The highest BCUT2D eigenvalue weighted by Gasteiger charge is 2.36. The predicted octanol–water partition coefficient (Wildman–Crippen LogP) is 2.18. The number of aliphatic hydroxyl groups excluding tert-OH is 1. The van der Waals surface area contributed by atoms with Crippen LogP contribution in [0.2, 0.25) is 0 Å². The van der Waals surface area contributed by atoms with Gasteiger partial charge in [0.2, 0.25) is 0 Å². The molecule has 10 heteroatoms. The number of β-amino-alcohol motifs (C(OH)–C–C–N with tert-alkyl or cyclic N) is 1. The number of likely N-dealkylation sites (tertiary alicyclic amines) is 1. The van der Waals surface area contributed by atoms with E-state index in [0.29, 0.717) is 6.07 Å². The fourth-order valence-corrected chi connectivity index (χ4v) is 3.02. The molecule has 1 aliphatic rings. The summed E-state index contributed by atoms with van der Waals surface area (Å²) >= 11 is 0. The van der Waals surface area contributed by atoms with E-state index in [4.69, 9.17) is 4.74 Å². The number of aliphatic hydroxyl groups is 1. The maximum absolute atomic E-state index is 13.3. The van der Waals surface area contributed by atoms with Crippen molar-refractivity contribution in [1.82, 2.24) is 9.88 Å². The van der Waals surface area contributed by atoms with Crippen LogP contribution < -0.4 is 5.32 Å². The average Bonchev–Trinajstić information content (AvgIpc) is 3.07. The monoisotopic (exact) mass is 409 g/mol. The summed E-state index contributed by atoms with van der Waals surface area (Å²) in [6.45, 7) is -0.0222. The molecule has 2 N–H and O–H groups in total. The first-order chi connectivity index (χ1) is 13.7. The molecule has 0 bridgehead atoms. The van der Waals surface area contributed by atoms with Crippen molar-refractivity contribution in [1.29, 1.82) is 0 Å². The number of methoxy groups -OCH3 is 1. The number of aromatic nitrogens is 1. The number of halogens is 3. The molecule has 1 aromatic heterocycles. The van der Waals surface area contributed by atoms with Gasteiger partial charge in [-0.05, 0) is 30.3 Å². The van der Waals surface area contributed by atoms with E-state index in [1.165, 1.54) is 24.3 Å². The van der Waals surface area contributed by atoms with E-state index in [0.717, 1.165) is 12.1 Å². The number of alkyl halides is 3. The second-order valence-electron chi connectivity index (χ2n) is 6.52. The normalized spacial score (nSPS) is 19.3. The van der Waals surface area contributed by atoms with Crippen LogP contribution in [0, 0.1) is 0 Å². The molecule has 1 saturated heterocycles. The molecule has 0 spiro atoms. The van der Waals surface area contributed by atoms with Gasteiger partial charge >= 0.3 is 6.18 Å². The fraction of sp³-hybridized carbons (Fsp3) is 0.316. The van der Waals surface area contributed by atoms with Gasteiger partial charge in [0, 0.05) is 37.6 Å². The first kappa shape index (κ1) is 20.7. The van der Waals surface area contributed by atoms with Crippen molar-refractivity contribution in [3.05, 3.63) is 59.4 Å². The summed E-state index contributed by atoms with van der Waals surface area (Å²) < 4.78 is 45.0. The quantitative estimate of drug-likeness (QED) is 0.808. The van der Waals surface area contributed by atoms with E-state index in [1.54, 1.807) is 12.1 Å². The second kappa shape index (κ2) is 8.18. The van der Waals surface area contributed by atoms with Gasteiger partial charge in [0.25, 0.3) is 11.8 Å². The molecule has 0 saturated carbocycles. The maximum Gasteiger partial charge on any atom is 0.416 e. The SMILES string of the molecule is CO[C@H]1CN(C(=O)c2cc(NC(=O)c3ccccn3)cc(C(F)(F)F)c2)C[C@@H]1O. The number of ether oxygens (including phenoxy) is 1. The van der Waals surface area contributed by atoms with Gasteiger partial charge in [-0.25, -0.2) is 0 Å². The number of anilines is 1. The standard InChI is InChI=1S/C19H18F3N3O4/c1-29-16-10-25(9-15(16)26)18(28)11-6-12(19(20,21)22)8-13(7-11)24-17(27)14-4-2-3-5-23-14/h2-8,15-16,26H,9-10H2,1H3,(H,24,27)/t15-,16-/m0/s1. The third kappa shape index (κ3) is 4.72. The average molecular weight is 409 g/mol. The second-order valence-corrected chi connectivity index (χ2v) is 6.52. The Labute approximate surface area is 164 Å². The van der Waals surface area contributed by atoms with Gasteiger partial charge in [-0.3, -0.25) is 14.6 Å². The zero-order valence-corrected chi connectivity index (χ0v) is 15.3. The molecule has 2 amide bonds. The highest BCUT2D eigenvalue weighted by Crippen LogP contribution is 2.33. The first-order valence-corrected chi connectivity index (χ1v) is 8.64. The van der Waals surface area contributed by atoms with Gasteiger partial charge < -0.3 is 20.1 Å². The molecular weight excluding hydrogens is 391 g/mol. The Hall–Kier alpha value is -2.98. The lowest BCUT2D eigenvalue weighted by Crippen LogP contribution is -2.30. The largest absolute Gasteiger partial charge is 0.416 e. The number of benzene rings is 1. The summed E-state index contributed by atoms with van der Waals surface area (Å²) in [5, 5.41) is 12.2. The minimum absolute atomic E-state index is 0.0170. The van der Waals surface area contributed by atoms with Crippen LogP contribution in [0.1, 0.15) is 26.4 Å². The van der Waals surface area contributed by atoms with Crippen molar-refractivity contribution in [3.8, 4) is 0 Å². The Kier molecular flexibility index (Phi) is 5.85. The van der Waals surface area contributed by atoms with E-state index in [2.05, 4.69) is 10.3 Å². The Bertz CT molecular complexity index is 905. The summed E-state index contributed by atoms with van der Waals surface area (Å²) in [5.74, 6) is -1.41. The smallest absolute Gasteiger partial charge is 0.388 e. The third-order valence-electron chi connectivity index (χ3n) is 4.49. The van der Waals surface area contributed by atoms with Gasteiger partial charge in [0.05, 0.1) is 11.7 Å². The molecule has 3 rings (SSSR count). The Morgan fingerprint density at radius 1 is 1.24 bits per heavy atom. The molecule has 2 atom stereocenters. The molecule has 1 fully saturated rings. The minimum atomic E-state index is -4.72. The van der Waals surface area contributed by atoms with Crippen molar-refractivity contribution in [2.75, 3.05) is 25.5 Å². The van der Waals surface area contributed by atoms with Crippen molar-refractivity contribution in [2.24, 2.45) is 0 Å². The van der Waals surface area contributed by atoms with Crippen molar-refractivity contribution in [2.45, 2.75) is 18.4 Å². The molecular formula is C19H18F3N3O4. The van der Waals surface area contributed by atoms with Gasteiger partial charge in [0.15, 0.2) is 0 Å². The highest BCUT2D eigenvalue weighted by atomic mass is 19.4. The summed E-state index contributed by atoms with van der Waals surface area (Å²) in [6, 6.07) is 7.18. The molecule has 0 aliphatic carbocycles. The lowest BCUT2D eigenvalue weighted by molar-refractivity contribution is -0.137. The molecule has 1 aromatic carbocycles. The van der Waals surface area contributed by atoms with Crippen molar-refractivity contribution < 1.29 is 32.6 Å². The lowest BCUT2D eigenvalue weighted by atomic mass is 10.1. The van der Waals surface area contributed by atoms with Gasteiger partial charge in [-0.15, -0.1) is 0 Å². The molecule has 29 heavy (non-hydrogen) atoms. The number of nitrogens with one attached hydrogen (secondary N) is 1. The zero-order chi connectivity index (χ0) is 21.2. The Morgan fingerprint density at radius 3 is 2.59 bits per heavy atom. The van der Waals surface area contributed by atoms with Crippen LogP contribution in [0.5, 0.6) is 0 Å². The predicted molar refractivity (Wildman–Crippen MR) is 96.3 cm³/mol. The van der Waals surface area contributed by atoms with Gasteiger partial charge in [0.1, 0.15) is 11.8 Å². The summed E-state index contributed by atoms with van der Waals surface area (Å²) in [5.41, 5.74) is -1.52. The van der Waals surface area contributed by atoms with E-state index < -0.39 is 35.8 Å². The van der Waals surface area contributed by atoms with E-state index in [9.17, 15) is 27.9 Å². The summed E-state index contributed by atoms with van der Waals surface area (Å²) in [4.78, 5) is 30.0. The van der Waals surface area contributed by atoms with E-state index >= 15 is 0 Å². The fourth-order valence-electron chi connectivity index (χ4n) is 3.02. The van der Waals surface area contributed by atoms with Crippen molar-refractivity contribution in [3.63, 3.8) is 0 Å². The Balaban J connectivity index is 1.90. The number of rotatable bonds is 4. The van der Waals surface area contributed by atoms with Crippen LogP contribution >= 0.6 is 0 Å². The van der Waals surface area contributed by atoms with Gasteiger partial charge in [-0.1, -0.05) is 6.07 Å². The number of amides is 2. The van der Waals surface area contributed by atoms with Crippen molar-refractivity contribution >= 4 is 17.5 Å². The molecule has 1 aliphatic heterocycles. The zero-order valence-electron chi connectivity index (χ0n) is 15.3. The van der Waals surface area contributed by atoms with Crippen LogP contribution in [0.4, 0.5) is 18.9 Å². The summed E-state index contributed by atoms with van der Waals surface area (Å²) in [6.07, 6.45) is -4.90. The molecule has 0 unspecified atom stereocenters. The number of pyridine rings is 1. The first-order valence-electron chi connectivity index (χ1n) is 8.64. The number of carbonyl (C=O) groups is 2. The van der Waals surface area contributed by atoms with E-state index in [1.807, 2.05) is 0 Å². The molecule has 2 aromatic rings. The summed E-state index contributed by atoms with van der Waals surface area (Å²) in [7, 11) is 1.37. The maximum atomic E-state index is 13.3. The molecule has 7 nitrogen and oxygen atoms in total.